The number of nitrogens with zero attached hydrogens (tertiary/aromatic N) is 2. The van der Waals surface area contributed by atoms with E-state index in [2.05, 4.69) is 276 Å². The van der Waals surface area contributed by atoms with E-state index in [1.165, 1.54) is 93.1 Å². The summed E-state index contributed by atoms with van der Waals surface area (Å²) in [5.74, 6) is 0. The highest BCUT2D eigenvalue weighted by Gasteiger charge is 2.46. The minimum Gasteiger partial charge on any atom is -0.310 e. The van der Waals surface area contributed by atoms with E-state index < -0.39 is 5.41 Å². The number of hydrogen-bond donors (Lipinski definition) is 0. The number of para-hydroxylation sites is 1. The van der Waals surface area contributed by atoms with Gasteiger partial charge in [0, 0.05) is 38.9 Å². The molecule has 1 heterocycles. The molecule has 0 bridgehead atoms. The first kappa shape index (κ1) is 39.2. The average molecular weight is 877 g/mol. The van der Waals surface area contributed by atoms with Gasteiger partial charge in [0.1, 0.15) is 0 Å². The molecule has 0 saturated carbocycles. The summed E-state index contributed by atoms with van der Waals surface area (Å²) in [6, 6.07) is 99.0. The average Bonchev–Trinajstić information content (AvgIpc) is 3.91. The molecule has 0 saturated heterocycles. The van der Waals surface area contributed by atoms with Crippen molar-refractivity contribution < 1.29 is 0 Å². The smallest absolute Gasteiger partial charge is 0.0714 e. The van der Waals surface area contributed by atoms with Crippen molar-refractivity contribution in [3.63, 3.8) is 0 Å². The Morgan fingerprint density at radius 3 is 1.58 bits per heavy atom. The predicted octanol–water partition coefficient (Wildman–Crippen LogP) is 17.7. The minimum atomic E-state index is -0.621. The first-order valence-corrected chi connectivity index (χ1v) is 23.9. The molecule has 0 amide bonds. The molecule has 0 fully saturated rings. The molecule has 2 heteroatoms. The third-order valence-corrected chi connectivity index (χ3v) is 14.8. The van der Waals surface area contributed by atoms with Crippen LogP contribution in [-0.2, 0) is 5.41 Å². The number of hydrogen-bond acceptors (Lipinski definition) is 1. The second-order valence-corrected chi connectivity index (χ2v) is 18.4. The van der Waals surface area contributed by atoms with Gasteiger partial charge in [-0.15, -0.1) is 0 Å². The molecule has 1 aliphatic carbocycles. The maximum atomic E-state index is 2.49. The topological polar surface area (TPSA) is 8.17 Å². The van der Waals surface area contributed by atoms with Crippen molar-refractivity contribution in [3.8, 4) is 27.9 Å². The second kappa shape index (κ2) is 15.6. The van der Waals surface area contributed by atoms with Gasteiger partial charge in [-0.2, -0.15) is 0 Å². The lowest BCUT2D eigenvalue weighted by Crippen LogP contribution is -2.28. The zero-order valence-corrected chi connectivity index (χ0v) is 37.8. The molecule has 12 aromatic carbocycles. The molecule has 0 spiro atoms. The lowest BCUT2D eigenvalue weighted by Gasteiger charge is -2.35. The van der Waals surface area contributed by atoms with Gasteiger partial charge in [-0.05, 0) is 126 Å². The van der Waals surface area contributed by atoms with Crippen LogP contribution in [0.3, 0.4) is 0 Å². The van der Waals surface area contributed by atoms with E-state index in [-0.39, 0.29) is 0 Å². The molecule has 13 aromatic rings. The van der Waals surface area contributed by atoms with E-state index in [1.807, 2.05) is 0 Å². The van der Waals surface area contributed by atoms with Crippen molar-refractivity contribution in [1.82, 2.24) is 4.57 Å². The van der Waals surface area contributed by atoms with Crippen LogP contribution in [0.4, 0.5) is 17.1 Å². The molecule has 1 aliphatic rings. The number of anilines is 3. The minimum absolute atomic E-state index is 0.621. The fraction of sp³-hybridized carbons (Fsp3) is 0.0149. The summed E-state index contributed by atoms with van der Waals surface area (Å²) in [4.78, 5) is 2.47. The number of benzene rings is 12. The Morgan fingerprint density at radius 2 is 0.826 bits per heavy atom. The molecule has 0 unspecified atom stereocenters. The zero-order valence-electron chi connectivity index (χ0n) is 37.8. The van der Waals surface area contributed by atoms with E-state index in [0.717, 1.165) is 28.3 Å². The van der Waals surface area contributed by atoms with E-state index >= 15 is 0 Å². The maximum Gasteiger partial charge on any atom is 0.0714 e. The largest absolute Gasteiger partial charge is 0.310 e. The molecule has 2 nitrogen and oxygen atoms in total. The molecule has 69 heavy (non-hydrogen) atoms. The number of fused-ring (bicyclic) bond motifs is 10. The van der Waals surface area contributed by atoms with E-state index in [0.29, 0.717) is 0 Å². The SMILES string of the molecule is c1ccc(-n2c3cc(N(c4ccc5c(c4)C(c4ccccc4)(c4ccccc4)c4cc(-c6cccc7ccccc67)ccc4-5)c4ccc5ccccc5c4)ccc3c3ccc4ccccc4c32)cc1. The van der Waals surface area contributed by atoms with Crippen LogP contribution in [0.1, 0.15) is 22.3 Å². The van der Waals surface area contributed by atoms with Crippen LogP contribution in [0.25, 0.3) is 82.1 Å². The molecule has 0 radical (unpaired) electrons. The van der Waals surface area contributed by atoms with Crippen molar-refractivity contribution in [1.29, 1.82) is 0 Å². The molecule has 0 aliphatic heterocycles. The Balaban J connectivity index is 1.05. The maximum absolute atomic E-state index is 2.49. The fourth-order valence-corrected chi connectivity index (χ4v) is 11.8. The molecule has 14 rings (SSSR count). The third kappa shape index (κ3) is 5.99. The summed E-state index contributed by atoms with van der Waals surface area (Å²) in [5.41, 5.74) is 16.1. The molecular formula is C67H44N2. The van der Waals surface area contributed by atoms with E-state index in [1.54, 1.807) is 0 Å². The third-order valence-electron chi connectivity index (χ3n) is 14.8. The normalized spacial score (nSPS) is 12.8. The van der Waals surface area contributed by atoms with E-state index in [9.17, 15) is 0 Å². The lowest BCUT2D eigenvalue weighted by atomic mass is 9.67. The summed E-state index contributed by atoms with van der Waals surface area (Å²) in [6.45, 7) is 0. The number of rotatable bonds is 7. The summed E-state index contributed by atoms with van der Waals surface area (Å²) >= 11 is 0. The van der Waals surface area contributed by atoms with Crippen LogP contribution >= 0.6 is 0 Å². The van der Waals surface area contributed by atoms with Crippen molar-refractivity contribution >= 4 is 71.2 Å². The van der Waals surface area contributed by atoms with Gasteiger partial charge in [0.25, 0.3) is 0 Å². The first-order valence-electron chi connectivity index (χ1n) is 23.9. The highest BCUT2D eigenvalue weighted by atomic mass is 15.1. The van der Waals surface area contributed by atoms with Crippen molar-refractivity contribution in [3.05, 3.63) is 289 Å². The van der Waals surface area contributed by atoms with Gasteiger partial charge in [-0.25, -0.2) is 0 Å². The Kier molecular flexibility index (Phi) is 8.84. The van der Waals surface area contributed by atoms with Gasteiger partial charge < -0.3 is 9.47 Å². The fourth-order valence-electron chi connectivity index (χ4n) is 11.8. The standard InChI is InChI=1S/C67H44N2/c1-4-22-50(23-5-1)67(51-24-6-2-7-25-51)63-42-49(57-30-16-21-46-18-12-14-28-56(46)57)33-37-59(63)60-39-35-54(43-64(60)67)68(53-34-31-45-17-10-11-20-48(45)41-53)55-36-40-61-62-38-32-47-19-13-15-29-58(47)66(62)69(65(61)44-55)52-26-8-3-9-27-52/h1-44H. The van der Waals surface area contributed by atoms with Crippen molar-refractivity contribution in [2.24, 2.45) is 0 Å². The van der Waals surface area contributed by atoms with Crippen LogP contribution in [-0.4, -0.2) is 4.57 Å². The van der Waals surface area contributed by atoms with Crippen molar-refractivity contribution in [2.75, 3.05) is 4.90 Å². The van der Waals surface area contributed by atoms with E-state index in [4.69, 9.17) is 0 Å². The summed E-state index contributed by atoms with van der Waals surface area (Å²) < 4.78 is 2.47. The Morgan fingerprint density at radius 1 is 0.304 bits per heavy atom. The predicted molar refractivity (Wildman–Crippen MR) is 291 cm³/mol. The Labute approximate surface area is 401 Å². The Bertz CT molecular complexity index is 4090. The van der Waals surface area contributed by atoms with Gasteiger partial charge in [-0.1, -0.05) is 212 Å². The van der Waals surface area contributed by atoms with Gasteiger partial charge in [-0.3, -0.25) is 0 Å². The van der Waals surface area contributed by atoms with Crippen LogP contribution < -0.4 is 4.90 Å². The van der Waals surface area contributed by atoms with Gasteiger partial charge in [0.05, 0.1) is 16.4 Å². The van der Waals surface area contributed by atoms with Gasteiger partial charge in [0.15, 0.2) is 0 Å². The summed E-state index contributed by atoms with van der Waals surface area (Å²) in [5, 5.41) is 9.84. The molecule has 1 aromatic heterocycles. The Hall–Kier alpha value is -8.98. The highest BCUT2D eigenvalue weighted by molar-refractivity contribution is 6.19. The van der Waals surface area contributed by atoms with Crippen LogP contribution in [0.2, 0.25) is 0 Å². The van der Waals surface area contributed by atoms with Crippen LogP contribution in [0, 0.1) is 0 Å². The van der Waals surface area contributed by atoms with Crippen LogP contribution in [0.5, 0.6) is 0 Å². The zero-order chi connectivity index (χ0) is 45.5. The summed E-state index contributed by atoms with van der Waals surface area (Å²) in [7, 11) is 0. The van der Waals surface area contributed by atoms with Crippen LogP contribution in [0.15, 0.2) is 267 Å². The van der Waals surface area contributed by atoms with Gasteiger partial charge >= 0.3 is 0 Å². The van der Waals surface area contributed by atoms with Gasteiger partial charge in [0.2, 0.25) is 0 Å². The molecule has 0 N–H and O–H groups in total. The molecule has 0 atom stereocenters. The quantitative estimate of drug-likeness (QED) is 0.155. The monoisotopic (exact) mass is 876 g/mol. The lowest BCUT2D eigenvalue weighted by molar-refractivity contribution is 0.768. The summed E-state index contributed by atoms with van der Waals surface area (Å²) in [6.07, 6.45) is 0. The molecular weight excluding hydrogens is 833 g/mol. The molecule has 322 valence electrons. The van der Waals surface area contributed by atoms with Crippen molar-refractivity contribution in [2.45, 2.75) is 5.41 Å². The second-order valence-electron chi connectivity index (χ2n) is 18.4. The number of aromatic nitrogens is 1. The first-order chi connectivity index (χ1) is 34.2. The highest BCUT2D eigenvalue weighted by Crippen LogP contribution is 2.58.